The first-order valence-electron chi connectivity index (χ1n) is 14.6. The van der Waals surface area contributed by atoms with Crippen molar-refractivity contribution in [1.82, 2.24) is 24.6 Å². The topological polar surface area (TPSA) is 115 Å². The second kappa shape index (κ2) is 13.2. The maximum atomic E-state index is 13.2. The van der Waals surface area contributed by atoms with Gasteiger partial charge in [0.1, 0.15) is 11.9 Å². The number of hydrogen-bond acceptors (Lipinski definition) is 9. The van der Waals surface area contributed by atoms with Crippen LogP contribution in [0.25, 0.3) is 0 Å². The summed E-state index contributed by atoms with van der Waals surface area (Å²) in [7, 11) is 1.60. The molecule has 0 spiro atoms. The SMILES string of the molecule is COc1ccc(Cn2ncc(N[C@@H](C)COC3CCN(C4CCN(c5ncc(C(F)(F)F)cn5)CC4)C3=O)c(C)c2=O)cc1. The molecular weight excluding hydrogens is 579 g/mol. The van der Waals surface area contributed by atoms with Gasteiger partial charge in [-0.25, -0.2) is 14.6 Å². The van der Waals surface area contributed by atoms with Crippen LogP contribution < -0.4 is 20.5 Å². The Balaban J connectivity index is 1.08. The number of piperidine rings is 1. The van der Waals surface area contributed by atoms with Crippen molar-refractivity contribution in [2.24, 2.45) is 0 Å². The van der Waals surface area contributed by atoms with E-state index in [0.717, 1.165) is 23.7 Å². The Bertz CT molecular complexity index is 1490. The van der Waals surface area contributed by atoms with E-state index in [1.54, 1.807) is 20.2 Å². The van der Waals surface area contributed by atoms with Crippen molar-refractivity contribution >= 4 is 17.5 Å². The molecule has 1 unspecified atom stereocenters. The van der Waals surface area contributed by atoms with Gasteiger partial charge in [-0.3, -0.25) is 9.59 Å². The molecule has 236 valence electrons. The number of methoxy groups -OCH3 is 1. The van der Waals surface area contributed by atoms with Crippen LogP contribution in [0.2, 0.25) is 0 Å². The molecule has 2 aliphatic heterocycles. The molecule has 2 saturated heterocycles. The molecule has 11 nitrogen and oxygen atoms in total. The molecule has 0 radical (unpaired) electrons. The molecule has 0 aliphatic carbocycles. The first kappa shape index (κ1) is 31.2. The van der Waals surface area contributed by atoms with Crippen LogP contribution in [0, 0.1) is 6.92 Å². The summed E-state index contributed by atoms with van der Waals surface area (Å²) >= 11 is 0. The van der Waals surface area contributed by atoms with E-state index in [1.807, 2.05) is 41.0 Å². The van der Waals surface area contributed by atoms with Gasteiger partial charge in [-0.1, -0.05) is 12.1 Å². The first-order valence-corrected chi connectivity index (χ1v) is 14.6. The number of amides is 1. The van der Waals surface area contributed by atoms with Crippen molar-refractivity contribution in [2.75, 3.05) is 43.6 Å². The molecule has 1 aromatic carbocycles. The van der Waals surface area contributed by atoms with Crippen LogP contribution in [0.15, 0.2) is 47.7 Å². The Kier molecular flexibility index (Phi) is 9.37. The fourth-order valence-corrected chi connectivity index (χ4v) is 5.52. The molecule has 44 heavy (non-hydrogen) atoms. The zero-order valence-electron chi connectivity index (χ0n) is 24.9. The van der Waals surface area contributed by atoms with Crippen LogP contribution in [0.5, 0.6) is 5.75 Å². The van der Waals surface area contributed by atoms with Crippen LogP contribution >= 0.6 is 0 Å². The van der Waals surface area contributed by atoms with E-state index < -0.39 is 17.8 Å². The van der Waals surface area contributed by atoms with E-state index in [-0.39, 0.29) is 36.1 Å². The molecule has 2 atom stereocenters. The third kappa shape index (κ3) is 7.12. The van der Waals surface area contributed by atoms with Crippen molar-refractivity contribution in [3.8, 4) is 5.75 Å². The predicted molar refractivity (Wildman–Crippen MR) is 157 cm³/mol. The number of alkyl halides is 3. The lowest BCUT2D eigenvalue weighted by Crippen LogP contribution is -2.47. The summed E-state index contributed by atoms with van der Waals surface area (Å²) in [5, 5.41) is 7.61. The van der Waals surface area contributed by atoms with E-state index >= 15 is 0 Å². The van der Waals surface area contributed by atoms with E-state index in [1.165, 1.54) is 4.68 Å². The summed E-state index contributed by atoms with van der Waals surface area (Å²) in [6.07, 6.45) is 0.101. The Morgan fingerprint density at radius 2 is 1.70 bits per heavy atom. The zero-order chi connectivity index (χ0) is 31.4. The fourth-order valence-electron chi connectivity index (χ4n) is 5.52. The average molecular weight is 616 g/mol. The minimum Gasteiger partial charge on any atom is -0.497 e. The van der Waals surface area contributed by atoms with Crippen molar-refractivity contribution < 1.29 is 27.4 Å². The molecule has 4 heterocycles. The number of hydrogen-bond donors (Lipinski definition) is 1. The third-order valence-corrected chi connectivity index (χ3v) is 8.07. The third-order valence-electron chi connectivity index (χ3n) is 8.07. The molecule has 14 heteroatoms. The number of carbonyl (C=O) groups excluding carboxylic acids is 1. The van der Waals surface area contributed by atoms with Crippen LogP contribution in [0.1, 0.15) is 42.9 Å². The largest absolute Gasteiger partial charge is 0.497 e. The lowest BCUT2D eigenvalue weighted by Gasteiger charge is -2.36. The number of nitrogens with zero attached hydrogens (tertiary/aromatic N) is 6. The standard InChI is InChI=1S/C30H36F3N7O4/c1-19(37-25-16-36-40(27(41)20(25)2)17-21-4-6-24(43-3)7-5-21)18-44-26-10-13-39(28(26)42)23-8-11-38(12-9-23)29-34-14-22(15-35-29)30(31,32)33/h4-7,14-16,19,23,26,37H,8-13,17-18H2,1-3H3/t19-,26?/m0/s1. The smallest absolute Gasteiger partial charge is 0.419 e. The average Bonchev–Trinajstić information content (AvgIpc) is 3.39. The Labute approximate surface area is 253 Å². The number of ether oxygens (including phenoxy) is 2. The maximum Gasteiger partial charge on any atom is 0.419 e. The van der Waals surface area contributed by atoms with Gasteiger partial charge in [0, 0.05) is 56.1 Å². The summed E-state index contributed by atoms with van der Waals surface area (Å²) in [6, 6.07) is 7.30. The zero-order valence-corrected chi connectivity index (χ0v) is 24.9. The fraction of sp³-hybridized carbons (Fsp3) is 0.500. The summed E-state index contributed by atoms with van der Waals surface area (Å²) in [4.78, 5) is 37.6. The Morgan fingerprint density at radius 3 is 2.34 bits per heavy atom. The minimum atomic E-state index is -4.48. The molecule has 0 saturated carbocycles. The highest BCUT2D eigenvalue weighted by atomic mass is 19.4. The van der Waals surface area contributed by atoms with Crippen molar-refractivity contribution in [3.05, 3.63) is 69.9 Å². The molecule has 0 bridgehead atoms. The number of carbonyl (C=O) groups is 1. The van der Waals surface area contributed by atoms with E-state index in [0.29, 0.717) is 56.7 Å². The number of benzene rings is 1. The highest BCUT2D eigenvalue weighted by molar-refractivity contribution is 5.83. The van der Waals surface area contributed by atoms with Crippen molar-refractivity contribution in [2.45, 2.75) is 64.0 Å². The molecule has 2 aromatic heterocycles. The molecule has 1 amide bonds. The number of aromatic nitrogens is 4. The van der Waals surface area contributed by atoms with Gasteiger partial charge in [0.25, 0.3) is 11.5 Å². The van der Waals surface area contributed by atoms with Gasteiger partial charge in [0.05, 0.1) is 37.7 Å². The molecule has 1 N–H and O–H groups in total. The van der Waals surface area contributed by atoms with Crippen LogP contribution in [-0.2, 0) is 22.3 Å². The molecule has 2 fully saturated rings. The van der Waals surface area contributed by atoms with Gasteiger partial charge < -0.3 is 24.6 Å². The Hall–Kier alpha value is -4.20. The summed E-state index contributed by atoms with van der Waals surface area (Å²) in [5.74, 6) is 0.941. The van der Waals surface area contributed by atoms with Crippen LogP contribution in [-0.4, -0.2) is 82.1 Å². The number of nitrogens with one attached hydrogen (secondary N) is 1. The Morgan fingerprint density at radius 1 is 1.02 bits per heavy atom. The van der Waals surface area contributed by atoms with E-state index in [4.69, 9.17) is 9.47 Å². The van der Waals surface area contributed by atoms with E-state index in [2.05, 4.69) is 20.4 Å². The quantitative estimate of drug-likeness (QED) is 0.366. The highest BCUT2D eigenvalue weighted by Gasteiger charge is 2.38. The highest BCUT2D eigenvalue weighted by Crippen LogP contribution is 2.29. The predicted octanol–water partition coefficient (Wildman–Crippen LogP) is 3.50. The van der Waals surface area contributed by atoms with Crippen LogP contribution in [0.4, 0.5) is 24.8 Å². The molecule has 3 aromatic rings. The number of anilines is 2. The van der Waals surface area contributed by atoms with Gasteiger partial charge >= 0.3 is 6.18 Å². The number of likely N-dealkylation sites (tertiary alicyclic amines) is 1. The maximum absolute atomic E-state index is 13.2. The minimum absolute atomic E-state index is 0.0236. The second-order valence-corrected chi connectivity index (χ2v) is 11.2. The monoisotopic (exact) mass is 615 g/mol. The van der Waals surface area contributed by atoms with Gasteiger partial charge in [-0.2, -0.15) is 18.3 Å². The summed E-state index contributed by atoms with van der Waals surface area (Å²) in [5.41, 5.74) is 0.999. The van der Waals surface area contributed by atoms with E-state index in [9.17, 15) is 22.8 Å². The van der Waals surface area contributed by atoms with Gasteiger partial charge in [0.2, 0.25) is 5.95 Å². The first-order chi connectivity index (χ1) is 21.0. The lowest BCUT2D eigenvalue weighted by atomic mass is 10.0. The molecule has 5 rings (SSSR count). The van der Waals surface area contributed by atoms with Crippen LogP contribution in [0.3, 0.4) is 0 Å². The normalized spacial score (nSPS) is 18.5. The molecule has 2 aliphatic rings. The second-order valence-electron chi connectivity index (χ2n) is 11.2. The molecular formula is C30H36F3N7O4. The van der Waals surface area contributed by atoms with Gasteiger partial charge in [0.15, 0.2) is 0 Å². The van der Waals surface area contributed by atoms with Crippen molar-refractivity contribution in [1.29, 1.82) is 0 Å². The lowest BCUT2D eigenvalue weighted by molar-refractivity contribution is -0.139. The summed E-state index contributed by atoms with van der Waals surface area (Å²) in [6.45, 7) is 5.93. The number of rotatable bonds is 10. The number of halogens is 3. The summed E-state index contributed by atoms with van der Waals surface area (Å²) < 4.78 is 51.0. The van der Waals surface area contributed by atoms with Gasteiger partial charge in [-0.15, -0.1) is 0 Å². The van der Waals surface area contributed by atoms with Gasteiger partial charge in [-0.05, 0) is 44.4 Å². The van der Waals surface area contributed by atoms with Crippen molar-refractivity contribution in [3.63, 3.8) is 0 Å².